The lowest BCUT2D eigenvalue weighted by molar-refractivity contribution is 0.178. The van der Waals surface area contributed by atoms with Crippen molar-refractivity contribution in [3.05, 3.63) is 61.1 Å². The van der Waals surface area contributed by atoms with E-state index in [1.807, 2.05) is 24.7 Å². The monoisotopic (exact) mass is 370 g/mol. The highest BCUT2D eigenvalue weighted by atomic mass is 15.5. The number of likely N-dealkylation sites (N-methyl/N-ethyl adjacent to an activating group) is 1. The fourth-order valence-electron chi connectivity index (χ4n) is 3.66. The van der Waals surface area contributed by atoms with E-state index in [1.54, 1.807) is 0 Å². The van der Waals surface area contributed by atoms with Crippen LogP contribution in [0.5, 0.6) is 0 Å². The van der Waals surface area contributed by atoms with Crippen molar-refractivity contribution in [3.8, 4) is 11.1 Å². The van der Waals surface area contributed by atoms with E-state index in [0.717, 1.165) is 53.6 Å². The van der Waals surface area contributed by atoms with Crippen molar-refractivity contribution in [2.45, 2.75) is 0 Å². The molecule has 0 amide bonds. The number of nitrogens with zero attached hydrogens (tertiary/aromatic N) is 5. The number of rotatable bonds is 3. The molecule has 0 bridgehead atoms. The van der Waals surface area contributed by atoms with E-state index in [4.69, 9.17) is 4.98 Å². The number of hydrogen-bond donors (Lipinski definition) is 1. The summed E-state index contributed by atoms with van der Waals surface area (Å²) in [4.78, 5) is 15.9. The summed E-state index contributed by atoms with van der Waals surface area (Å²) in [6, 6.07) is 14.6. The Morgan fingerprint density at radius 1 is 0.893 bits per heavy atom. The second kappa shape index (κ2) is 7.14. The quantitative estimate of drug-likeness (QED) is 0.596. The molecule has 1 N–H and O–H groups in total. The van der Waals surface area contributed by atoms with Crippen LogP contribution in [0.25, 0.3) is 32.8 Å². The molecule has 0 aliphatic carbocycles. The van der Waals surface area contributed by atoms with Gasteiger partial charge in [0.05, 0.1) is 5.52 Å². The van der Waals surface area contributed by atoms with Gasteiger partial charge in [-0.15, -0.1) is 0 Å². The summed E-state index contributed by atoms with van der Waals surface area (Å²) < 4.78 is 0. The molecule has 2 aromatic carbocycles. The molecule has 6 nitrogen and oxygen atoms in total. The maximum Gasteiger partial charge on any atom is 0.238 e. The van der Waals surface area contributed by atoms with Gasteiger partial charge in [0.1, 0.15) is 0 Å². The molecule has 6 heteroatoms. The van der Waals surface area contributed by atoms with Crippen LogP contribution in [0.2, 0.25) is 0 Å². The van der Waals surface area contributed by atoms with Crippen LogP contribution < -0.4 is 5.43 Å². The molecule has 1 fully saturated rings. The molecule has 1 saturated heterocycles. The minimum atomic E-state index is 0.650. The van der Waals surface area contributed by atoms with Crippen LogP contribution >= 0.6 is 0 Å². The van der Waals surface area contributed by atoms with Gasteiger partial charge in [0.25, 0.3) is 0 Å². The summed E-state index contributed by atoms with van der Waals surface area (Å²) in [5.41, 5.74) is 6.52. The van der Waals surface area contributed by atoms with Crippen molar-refractivity contribution in [1.82, 2.24) is 24.9 Å². The summed E-state index contributed by atoms with van der Waals surface area (Å²) in [5.74, 6) is 0.650. The number of hydrogen-bond acceptors (Lipinski definition) is 6. The second-order valence-corrected chi connectivity index (χ2v) is 7.28. The van der Waals surface area contributed by atoms with Gasteiger partial charge in [0, 0.05) is 61.1 Å². The number of hydrazine groups is 1. The van der Waals surface area contributed by atoms with Crippen LogP contribution in [0.3, 0.4) is 0 Å². The Morgan fingerprint density at radius 2 is 1.75 bits per heavy atom. The summed E-state index contributed by atoms with van der Waals surface area (Å²) in [6.07, 6.45) is 5.72. The maximum atomic E-state index is 4.69. The molecule has 0 spiro atoms. The van der Waals surface area contributed by atoms with Crippen LogP contribution in [0.15, 0.2) is 61.1 Å². The van der Waals surface area contributed by atoms with Crippen LogP contribution in [0.4, 0.5) is 5.95 Å². The molecule has 0 radical (unpaired) electrons. The third kappa shape index (κ3) is 3.28. The van der Waals surface area contributed by atoms with Crippen LogP contribution in [-0.4, -0.2) is 58.1 Å². The number of nitrogens with one attached hydrogen (secondary N) is 1. The molecule has 1 aliphatic rings. The normalized spacial score (nSPS) is 15.9. The zero-order valence-corrected chi connectivity index (χ0v) is 15.8. The molecule has 4 aromatic rings. The Labute approximate surface area is 163 Å². The number of anilines is 1. The highest BCUT2D eigenvalue weighted by Gasteiger charge is 2.14. The Morgan fingerprint density at radius 3 is 2.64 bits per heavy atom. The summed E-state index contributed by atoms with van der Waals surface area (Å²) >= 11 is 0. The van der Waals surface area contributed by atoms with Gasteiger partial charge in [-0.3, -0.25) is 10.4 Å². The summed E-state index contributed by atoms with van der Waals surface area (Å²) in [5, 5.41) is 5.54. The van der Waals surface area contributed by atoms with Gasteiger partial charge < -0.3 is 4.90 Å². The van der Waals surface area contributed by atoms with Gasteiger partial charge in [0.15, 0.2) is 0 Å². The molecule has 140 valence electrons. The summed E-state index contributed by atoms with van der Waals surface area (Å²) in [6.45, 7) is 4.02. The third-order valence-electron chi connectivity index (χ3n) is 5.32. The molecule has 2 aromatic heterocycles. The molecule has 5 rings (SSSR count). The number of pyridine rings is 1. The lowest BCUT2D eigenvalue weighted by Gasteiger charge is -2.32. The highest BCUT2D eigenvalue weighted by Crippen LogP contribution is 2.29. The first-order chi connectivity index (χ1) is 13.8. The SMILES string of the molecule is CN1CCN(Nc2ncc3cc(-c4cncc5ccccc45)ccc3n2)CC1. The average Bonchev–Trinajstić information content (AvgIpc) is 2.74. The van der Waals surface area contributed by atoms with Gasteiger partial charge in [-0.25, -0.2) is 15.0 Å². The molecular weight excluding hydrogens is 348 g/mol. The van der Waals surface area contributed by atoms with Gasteiger partial charge in [-0.1, -0.05) is 30.3 Å². The first-order valence-corrected chi connectivity index (χ1v) is 9.56. The zero-order valence-electron chi connectivity index (χ0n) is 15.8. The fourth-order valence-corrected chi connectivity index (χ4v) is 3.66. The van der Waals surface area contributed by atoms with Crippen molar-refractivity contribution >= 4 is 27.6 Å². The topological polar surface area (TPSA) is 57.2 Å². The molecule has 3 heterocycles. The van der Waals surface area contributed by atoms with E-state index in [9.17, 15) is 0 Å². The fraction of sp³-hybridized carbons (Fsp3) is 0.227. The highest BCUT2D eigenvalue weighted by molar-refractivity contribution is 5.97. The number of fused-ring (bicyclic) bond motifs is 2. The van der Waals surface area contributed by atoms with Crippen LogP contribution in [0, 0.1) is 0 Å². The smallest absolute Gasteiger partial charge is 0.238 e. The number of aromatic nitrogens is 3. The molecule has 0 atom stereocenters. The Hall–Kier alpha value is -3.09. The van der Waals surface area contributed by atoms with E-state index in [-0.39, 0.29) is 0 Å². The lowest BCUT2D eigenvalue weighted by Crippen LogP contribution is -2.47. The van der Waals surface area contributed by atoms with Gasteiger partial charge in [0.2, 0.25) is 5.95 Å². The first kappa shape index (κ1) is 17.0. The van der Waals surface area contributed by atoms with Crippen molar-refractivity contribution < 1.29 is 0 Å². The van der Waals surface area contributed by atoms with Crippen LogP contribution in [-0.2, 0) is 0 Å². The largest absolute Gasteiger partial charge is 0.304 e. The van der Waals surface area contributed by atoms with E-state index in [1.165, 1.54) is 5.39 Å². The van der Waals surface area contributed by atoms with E-state index >= 15 is 0 Å². The summed E-state index contributed by atoms with van der Waals surface area (Å²) in [7, 11) is 2.15. The minimum absolute atomic E-state index is 0.650. The second-order valence-electron chi connectivity index (χ2n) is 7.28. The minimum Gasteiger partial charge on any atom is -0.304 e. The van der Waals surface area contributed by atoms with Crippen LogP contribution in [0.1, 0.15) is 0 Å². The van der Waals surface area contributed by atoms with E-state index in [2.05, 4.69) is 68.7 Å². The predicted octanol–water partition coefficient (Wildman–Crippen LogP) is 3.42. The molecular formula is C22H22N6. The lowest BCUT2D eigenvalue weighted by atomic mass is 10.00. The molecule has 0 saturated carbocycles. The number of benzene rings is 2. The zero-order chi connectivity index (χ0) is 18.9. The molecule has 0 unspecified atom stereocenters. The average molecular weight is 370 g/mol. The standard InChI is InChI=1S/C22H22N6/c1-27-8-10-28(11-9-27)26-22-24-14-18-12-16(6-7-21(18)25-22)20-15-23-13-17-4-2-3-5-19(17)20/h2-7,12-15H,8-11H2,1H3,(H,24,25,26). The Balaban J connectivity index is 1.45. The van der Waals surface area contributed by atoms with Crippen molar-refractivity contribution in [2.24, 2.45) is 0 Å². The van der Waals surface area contributed by atoms with Crippen molar-refractivity contribution in [1.29, 1.82) is 0 Å². The van der Waals surface area contributed by atoms with Gasteiger partial charge in [-0.2, -0.15) is 0 Å². The molecule has 1 aliphatic heterocycles. The van der Waals surface area contributed by atoms with E-state index in [0.29, 0.717) is 5.95 Å². The Bertz CT molecular complexity index is 1130. The molecule has 28 heavy (non-hydrogen) atoms. The van der Waals surface area contributed by atoms with Gasteiger partial charge >= 0.3 is 0 Å². The van der Waals surface area contributed by atoms with Crippen molar-refractivity contribution in [3.63, 3.8) is 0 Å². The predicted molar refractivity (Wildman–Crippen MR) is 113 cm³/mol. The maximum absolute atomic E-state index is 4.69. The Kier molecular flexibility index (Phi) is 4.35. The first-order valence-electron chi connectivity index (χ1n) is 9.56. The third-order valence-corrected chi connectivity index (χ3v) is 5.32. The van der Waals surface area contributed by atoms with E-state index < -0.39 is 0 Å². The van der Waals surface area contributed by atoms with Crippen molar-refractivity contribution in [2.75, 3.05) is 38.7 Å². The number of piperazine rings is 1. The van der Waals surface area contributed by atoms with Gasteiger partial charge in [-0.05, 0) is 30.1 Å².